The Morgan fingerprint density at radius 3 is 1.78 bits per heavy atom. The highest BCUT2D eigenvalue weighted by Gasteiger charge is 2.06. The van der Waals surface area contributed by atoms with Gasteiger partial charge in [-0.25, -0.2) is 0 Å². The Morgan fingerprint density at radius 2 is 1.17 bits per heavy atom. The molecule has 0 N–H and O–H groups in total. The van der Waals surface area contributed by atoms with Gasteiger partial charge in [0.15, 0.2) is 0 Å². The van der Waals surface area contributed by atoms with Crippen molar-refractivity contribution in [3.63, 3.8) is 0 Å². The molecular weight excluding hydrogens is 244 g/mol. The van der Waals surface area contributed by atoms with Crippen LogP contribution in [-0.2, 0) is 0 Å². The second kappa shape index (κ2) is 4.71. The Kier molecular flexibility index (Phi) is 2.91. The van der Waals surface area contributed by atoms with Gasteiger partial charge in [0.1, 0.15) is 11.5 Å². The fourth-order valence-electron chi connectivity index (χ4n) is 1.86. The smallest absolute Gasteiger partial charge is 0.134 e. The van der Waals surface area contributed by atoms with E-state index in [1.165, 1.54) is 0 Å². The van der Waals surface area contributed by atoms with E-state index in [2.05, 4.69) is 0 Å². The standard InChI is InChI=1S/C16H11ClO/c17-14-8-6-13(7-9-14)16-11-10-15(18-16)12-4-2-1-3-5-12/h1-11H. The van der Waals surface area contributed by atoms with Gasteiger partial charge in [0.2, 0.25) is 0 Å². The second-order valence-electron chi connectivity index (χ2n) is 4.04. The van der Waals surface area contributed by atoms with Crippen molar-refractivity contribution in [3.8, 4) is 22.6 Å². The predicted octanol–water partition coefficient (Wildman–Crippen LogP) is 5.27. The van der Waals surface area contributed by atoms with Crippen molar-refractivity contribution in [3.05, 3.63) is 71.8 Å². The van der Waals surface area contributed by atoms with Crippen LogP contribution in [0.1, 0.15) is 0 Å². The highest BCUT2D eigenvalue weighted by atomic mass is 35.5. The largest absolute Gasteiger partial charge is 0.456 e. The Balaban J connectivity index is 1.97. The van der Waals surface area contributed by atoms with Gasteiger partial charge in [-0.3, -0.25) is 0 Å². The normalized spacial score (nSPS) is 10.5. The van der Waals surface area contributed by atoms with Crippen LogP contribution in [0.2, 0.25) is 5.02 Å². The number of rotatable bonds is 2. The van der Waals surface area contributed by atoms with Crippen LogP contribution >= 0.6 is 11.6 Å². The van der Waals surface area contributed by atoms with Gasteiger partial charge in [-0.1, -0.05) is 41.9 Å². The van der Waals surface area contributed by atoms with Crippen LogP contribution in [0.3, 0.4) is 0 Å². The van der Waals surface area contributed by atoms with E-state index in [9.17, 15) is 0 Å². The van der Waals surface area contributed by atoms with Gasteiger partial charge >= 0.3 is 0 Å². The summed E-state index contributed by atoms with van der Waals surface area (Å²) in [7, 11) is 0. The van der Waals surface area contributed by atoms with Gasteiger partial charge < -0.3 is 4.42 Å². The van der Waals surface area contributed by atoms with Crippen LogP contribution < -0.4 is 0 Å². The Hall–Kier alpha value is -1.99. The van der Waals surface area contributed by atoms with Gasteiger partial charge in [-0.15, -0.1) is 0 Å². The van der Waals surface area contributed by atoms with Crippen LogP contribution in [0.15, 0.2) is 71.1 Å². The fourth-order valence-corrected chi connectivity index (χ4v) is 1.99. The molecule has 88 valence electrons. The maximum Gasteiger partial charge on any atom is 0.134 e. The summed E-state index contributed by atoms with van der Waals surface area (Å²) in [4.78, 5) is 0. The lowest BCUT2D eigenvalue weighted by molar-refractivity contribution is 0.597. The molecule has 0 atom stereocenters. The van der Waals surface area contributed by atoms with E-state index in [0.717, 1.165) is 27.7 Å². The van der Waals surface area contributed by atoms with Crippen molar-refractivity contribution in [2.24, 2.45) is 0 Å². The minimum absolute atomic E-state index is 0.730. The molecule has 0 bridgehead atoms. The summed E-state index contributed by atoms with van der Waals surface area (Å²) in [5, 5.41) is 0.730. The summed E-state index contributed by atoms with van der Waals surface area (Å²) in [6, 6.07) is 21.7. The molecule has 0 fully saturated rings. The molecule has 0 spiro atoms. The van der Waals surface area contributed by atoms with Crippen LogP contribution in [0.4, 0.5) is 0 Å². The van der Waals surface area contributed by atoms with E-state index in [4.69, 9.17) is 16.0 Å². The summed E-state index contributed by atoms with van der Waals surface area (Å²) in [5.41, 5.74) is 2.11. The van der Waals surface area contributed by atoms with Gasteiger partial charge in [0.05, 0.1) is 0 Å². The molecule has 0 aliphatic heterocycles. The van der Waals surface area contributed by atoms with Crippen molar-refractivity contribution in [2.75, 3.05) is 0 Å². The zero-order valence-corrected chi connectivity index (χ0v) is 10.4. The third-order valence-corrected chi connectivity index (χ3v) is 3.05. The SMILES string of the molecule is Clc1ccc(-c2ccc(-c3ccccc3)o2)cc1. The average Bonchev–Trinajstić information content (AvgIpc) is 2.90. The minimum Gasteiger partial charge on any atom is -0.456 e. The third kappa shape index (κ3) is 2.18. The molecule has 18 heavy (non-hydrogen) atoms. The average molecular weight is 255 g/mol. The quantitative estimate of drug-likeness (QED) is 0.607. The van der Waals surface area contributed by atoms with E-state index >= 15 is 0 Å². The summed E-state index contributed by atoms with van der Waals surface area (Å²) in [5.74, 6) is 1.73. The van der Waals surface area contributed by atoms with Gasteiger partial charge in [0.25, 0.3) is 0 Å². The molecule has 1 nitrogen and oxygen atoms in total. The molecule has 3 rings (SSSR count). The lowest BCUT2D eigenvalue weighted by Crippen LogP contribution is -1.73. The van der Waals surface area contributed by atoms with Gasteiger partial charge in [-0.05, 0) is 36.4 Å². The van der Waals surface area contributed by atoms with E-state index in [-0.39, 0.29) is 0 Å². The van der Waals surface area contributed by atoms with Crippen LogP contribution in [0, 0.1) is 0 Å². The molecule has 0 radical (unpaired) electrons. The molecule has 2 heteroatoms. The maximum absolute atomic E-state index is 5.87. The molecule has 1 aromatic heterocycles. The zero-order chi connectivity index (χ0) is 12.4. The summed E-state index contributed by atoms with van der Waals surface area (Å²) in [6.45, 7) is 0. The van der Waals surface area contributed by atoms with Crippen molar-refractivity contribution < 1.29 is 4.42 Å². The lowest BCUT2D eigenvalue weighted by atomic mass is 10.2. The van der Waals surface area contributed by atoms with Crippen molar-refractivity contribution in [2.45, 2.75) is 0 Å². The van der Waals surface area contributed by atoms with Crippen molar-refractivity contribution in [1.29, 1.82) is 0 Å². The molecule has 0 saturated carbocycles. The Bertz CT molecular complexity index is 638. The first kappa shape index (κ1) is 11.1. The highest BCUT2D eigenvalue weighted by Crippen LogP contribution is 2.28. The van der Waals surface area contributed by atoms with E-state index < -0.39 is 0 Å². The lowest BCUT2D eigenvalue weighted by Gasteiger charge is -1.98. The summed E-state index contributed by atoms with van der Waals surface area (Å²) in [6.07, 6.45) is 0. The monoisotopic (exact) mass is 254 g/mol. The van der Waals surface area contributed by atoms with Gasteiger partial charge in [0, 0.05) is 16.1 Å². The van der Waals surface area contributed by atoms with Crippen LogP contribution in [-0.4, -0.2) is 0 Å². The number of hydrogen-bond donors (Lipinski definition) is 0. The first-order valence-electron chi connectivity index (χ1n) is 5.74. The summed E-state index contributed by atoms with van der Waals surface area (Å²) >= 11 is 5.87. The molecule has 0 saturated heterocycles. The molecule has 2 aromatic carbocycles. The third-order valence-electron chi connectivity index (χ3n) is 2.79. The minimum atomic E-state index is 0.730. The topological polar surface area (TPSA) is 13.1 Å². The maximum atomic E-state index is 5.87. The number of benzene rings is 2. The fraction of sp³-hybridized carbons (Fsp3) is 0. The predicted molar refractivity (Wildman–Crippen MR) is 74.6 cm³/mol. The molecule has 1 heterocycles. The van der Waals surface area contributed by atoms with Crippen LogP contribution in [0.5, 0.6) is 0 Å². The van der Waals surface area contributed by atoms with E-state index in [1.807, 2.05) is 66.7 Å². The second-order valence-corrected chi connectivity index (χ2v) is 4.47. The number of furan rings is 1. The first-order chi connectivity index (χ1) is 8.83. The molecule has 0 amide bonds. The van der Waals surface area contributed by atoms with Crippen LogP contribution in [0.25, 0.3) is 22.6 Å². The molecule has 0 aliphatic carbocycles. The van der Waals surface area contributed by atoms with E-state index in [0.29, 0.717) is 0 Å². The molecule has 0 aliphatic rings. The van der Waals surface area contributed by atoms with Crippen molar-refractivity contribution >= 4 is 11.6 Å². The zero-order valence-electron chi connectivity index (χ0n) is 9.64. The molecule has 3 aromatic rings. The molecular formula is C16H11ClO. The van der Waals surface area contributed by atoms with Gasteiger partial charge in [-0.2, -0.15) is 0 Å². The summed E-state index contributed by atoms with van der Waals surface area (Å²) < 4.78 is 5.85. The van der Waals surface area contributed by atoms with Crippen molar-refractivity contribution in [1.82, 2.24) is 0 Å². The number of hydrogen-bond acceptors (Lipinski definition) is 1. The Labute approximate surface area is 111 Å². The molecule has 0 unspecified atom stereocenters. The number of halogens is 1. The Morgan fingerprint density at radius 1 is 0.611 bits per heavy atom. The first-order valence-corrected chi connectivity index (χ1v) is 6.12. The highest BCUT2D eigenvalue weighted by molar-refractivity contribution is 6.30. The van der Waals surface area contributed by atoms with E-state index in [1.54, 1.807) is 0 Å².